The smallest absolute Gasteiger partial charge is 0.368 e. The number of halogens is 3. The normalized spacial score (nSPS) is 11.3. The van der Waals surface area contributed by atoms with E-state index in [1.54, 1.807) is 0 Å². The summed E-state index contributed by atoms with van der Waals surface area (Å²) in [4.78, 5) is 36.0. The summed E-state index contributed by atoms with van der Waals surface area (Å²) in [6.07, 6.45) is -4.83. The number of nitrogen functional groups attached to an aromatic ring is 1. The molecule has 0 atom stereocenters. The van der Waals surface area contributed by atoms with Gasteiger partial charge in [-0.3, -0.25) is 19.0 Å². The number of hydrogen-bond acceptors (Lipinski definition) is 7. The van der Waals surface area contributed by atoms with E-state index in [0.29, 0.717) is 11.8 Å². The fraction of sp³-hybridized carbons (Fsp3) is 0.0476. The number of nitrogens with two attached hydrogens (primary N) is 3. The van der Waals surface area contributed by atoms with E-state index in [9.17, 15) is 27.6 Å². The molecule has 4 rings (SSSR count). The van der Waals surface area contributed by atoms with Crippen LogP contribution in [-0.4, -0.2) is 42.3 Å². The Labute approximate surface area is 199 Å². The number of carbonyl (C=O) groups is 3. The summed E-state index contributed by atoms with van der Waals surface area (Å²) < 4.78 is 42.0. The molecule has 2 aromatic carbocycles. The topological polar surface area (TPSA) is 190 Å². The number of hydrogen-bond donors (Lipinski definition) is 4. The molecule has 2 aromatic heterocycles. The van der Waals surface area contributed by atoms with Crippen molar-refractivity contribution in [1.82, 2.24) is 24.5 Å². The van der Waals surface area contributed by atoms with Crippen LogP contribution in [0.3, 0.4) is 0 Å². The van der Waals surface area contributed by atoms with Crippen LogP contribution >= 0.6 is 0 Å². The Morgan fingerprint density at radius 1 is 0.889 bits per heavy atom. The van der Waals surface area contributed by atoms with Gasteiger partial charge in [-0.05, 0) is 42.5 Å². The minimum atomic E-state index is -4.83. The van der Waals surface area contributed by atoms with Crippen molar-refractivity contribution < 1.29 is 27.6 Å². The summed E-state index contributed by atoms with van der Waals surface area (Å²) >= 11 is 0. The van der Waals surface area contributed by atoms with Crippen LogP contribution in [0.25, 0.3) is 11.4 Å². The zero-order chi connectivity index (χ0) is 26.2. The van der Waals surface area contributed by atoms with Gasteiger partial charge in [0.05, 0.1) is 11.4 Å². The number of aromatic nitrogens is 5. The van der Waals surface area contributed by atoms with Gasteiger partial charge >= 0.3 is 6.18 Å². The summed E-state index contributed by atoms with van der Waals surface area (Å²) in [5.74, 6) is -2.92. The zero-order valence-electron chi connectivity index (χ0n) is 18.0. The van der Waals surface area contributed by atoms with Crippen LogP contribution in [-0.2, 0) is 6.18 Å². The Morgan fingerprint density at radius 3 is 2.19 bits per heavy atom. The Hall–Kier alpha value is -5.21. The lowest BCUT2D eigenvalue weighted by atomic mass is 10.2. The molecule has 184 valence electrons. The Balaban J connectivity index is 1.67. The van der Waals surface area contributed by atoms with Gasteiger partial charge in [0.25, 0.3) is 11.8 Å². The average molecular weight is 499 g/mol. The third kappa shape index (κ3) is 4.56. The fourth-order valence-electron chi connectivity index (χ4n) is 3.27. The molecule has 0 fully saturated rings. The van der Waals surface area contributed by atoms with E-state index >= 15 is 0 Å². The van der Waals surface area contributed by atoms with Crippen molar-refractivity contribution in [3.63, 3.8) is 0 Å². The third-order valence-corrected chi connectivity index (χ3v) is 4.90. The molecule has 4 aromatic rings. The molecule has 2 heterocycles. The summed E-state index contributed by atoms with van der Waals surface area (Å²) in [5.41, 5.74) is 15.0. The molecule has 0 aliphatic rings. The van der Waals surface area contributed by atoms with Crippen LogP contribution in [0.1, 0.15) is 37.2 Å². The van der Waals surface area contributed by atoms with Crippen LogP contribution in [0, 0.1) is 0 Å². The largest absolute Gasteiger partial charge is 0.435 e. The van der Waals surface area contributed by atoms with Gasteiger partial charge < -0.3 is 22.5 Å². The average Bonchev–Trinajstić information content (AvgIpc) is 3.44. The van der Waals surface area contributed by atoms with Gasteiger partial charge in [-0.2, -0.15) is 18.3 Å². The van der Waals surface area contributed by atoms with Gasteiger partial charge in [0.15, 0.2) is 5.69 Å². The molecule has 15 heteroatoms. The molecule has 0 bridgehead atoms. The molecule has 36 heavy (non-hydrogen) atoms. The van der Waals surface area contributed by atoms with Crippen molar-refractivity contribution in [2.24, 2.45) is 11.5 Å². The summed E-state index contributed by atoms with van der Waals surface area (Å²) in [7, 11) is 0. The maximum absolute atomic E-state index is 13.4. The molecule has 7 N–H and O–H groups in total. The van der Waals surface area contributed by atoms with E-state index in [1.165, 1.54) is 53.1 Å². The van der Waals surface area contributed by atoms with Crippen LogP contribution in [0.2, 0.25) is 0 Å². The van der Waals surface area contributed by atoms with Crippen molar-refractivity contribution in [2.45, 2.75) is 6.18 Å². The van der Waals surface area contributed by atoms with Crippen LogP contribution in [0.15, 0.2) is 54.6 Å². The minimum Gasteiger partial charge on any atom is -0.368 e. The van der Waals surface area contributed by atoms with E-state index in [0.717, 1.165) is 4.68 Å². The first-order valence-corrected chi connectivity index (χ1v) is 9.95. The van der Waals surface area contributed by atoms with Gasteiger partial charge in [-0.15, -0.1) is 10.2 Å². The molecule has 0 aliphatic heterocycles. The quantitative estimate of drug-likeness (QED) is 0.309. The second kappa shape index (κ2) is 8.86. The number of nitrogens with one attached hydrogen (secondary N) is 1. The molecule has 0 aliphatic carbocycles. The second-order valence-corrected chi connectivity index (χ2v) is 7.32. The highest BCUT2D eigenvalue weighted by Gasteiger charge is 2.36. The molecule has 0 unspecified atom stereocenters. The lowest BCUT2D eigenvalue weighted by Crippen LogP contribution is -2.19. The molecular weight excluding hydrogens is 483 g/mol. The number of amides is 3. The fourth-order valence-corrected chi connectivity index (χ4v) is 3.27. The Bertz CT molecular complexity index is 1490. The van der Waals surface area contributed by atoms with Crippen molar-refractivity contribution in [2.75, 3.05) is 11.1 Å². The number of rotatable bonds is 6. The SMILES string of the molecule is NC(=O)c1cccc(-n2nc(C(F)(F)F)cc2C(=O)Nc2ccc(-n3c(N)nnc3C(N)=O)cc2)c1. The number of benzene rings is 2. The minimum absolute atomic E-state index is 0.0158. The summed E-state index contributed by atoms with van der Waals surface area (Å²) in [6.45, 7) is 0. The maximum Gasteiger partial charge on any atom is 0.435 e. The van der Waals surface area contributed by atoms with E-state index in [2.05, 4.69) is 20.6 Å². The van der Waals surface area contributed by atoms with E-state index in [-0.39, 0.29) is 28.7 Å². The summed E-state index contributed by atoms with van der Waals surface area (Å²) in [5, 5.41) is 13.2. The first kappa shape index (κ1) is 23.9. The Morgan fingerprint density at radius 2 is 1.58 bits per heavy atom. The van der Waals surface area contributed by atoms with Crippen molar-refractivity contribution in [3.8, 4) is 11.4 Å². The van der Waals surface area contributed by atoms with Gasteiger partial charge in [0, 0.05) is 17.3 Å². The molecule has 0 saturated carbocycles. The van der Waals surface area contributed by atoms with Crippen molar-refractivity contribution >= 4 is 29.4 Å². The van der Waals surface area contributed by atoms with Crippen molar-refractivity contribution in [3.05, 3.63) is 77.4 Å². The molecule has 0 spiro atoms. The monoisotopic (exact) mass is 499 g/mol. The molecule has 12 nitrogen and oxygen atoms in total. The van der Waals surface area contributed by atoms with E-state index in [4.69, 9.17) is 17.2 Å². The summed E-state index contributed by atoms with van der Waals surface area (Å²) in [6, 6.07) is 11.7. The second-order valence-electron chi connectivity index (χ2n) is 7.32. The lowest BCUT2D eigenvalue weighted by Gasteiger charge is -2.11. The first-order chi connectivity index (χ1) is 17.0. The molecule has 3 amide bonds. The molecule has 0 radical (unpaired) electrons. The highest BCUT2D eigenvalue weighted by Crippen LogP contribution is 2.30. The standard InChI is InChI=1S/C21H16F3N9O3/c22-21(23,24)15-9-14(33(31-15)13-3-1-2-10(8-13)16(25)34)19(36)28-11-4-6-12(7-5-11)32-18(17(26)35)29-30-20(32)27/h1-9H,(H2,25,34)(H2,26,35)(H2,27,30)(H,28,36). The Kier molecular flexibility index (Phi) is 5.89. The van der Waals surface area contributed by atoms with Gasteiger partial charge in [-0.25, -0.2) is 4.68 Å². The highest BCUT2D eigenvalue weighted by atomic mass is 19.4. The number of nitrogens with zero attached hydrogens (tertiary/aromatic N) is 5. The van der Waals surface area contributed by atoms with Gasteiger partial charge in [0.1, 0.15) is 5.69 Å². The zero-order valence-corrected chi connectivity index (χ0v) is 18.0. The number of carbonyl (C=O) groups excluding carboxylic acids is 3. The third-order valence-electron chi connectivity index (χ3n) is 4.90. The molecular formula is C21H16F3N9O3. The van der Waals surface area contributed by atoms with Crippen molar-refractivity contribution in [1.29, 1.82) is 0 Å². The van der Waals surface area contributed by atoms with Crippen LogP contribution in [0.4, 0.5) is 24.8 Å². The first-order valence-electron chi connectivity index (χ1n) is 9.95. The number of alkyl halides is 3. The van der Waals surface area contributed by atoms with Crippen LogP contribution in [0.5, 0.6) is 0 Å². The number of primary amides is 2. The maximum atomic E-state index is 13.4. The van der Waals surface area contributed by atoms with Gasteiger partial charge in [-0.1, -0.05) is 6.07 Å². The predicted molar refractivity (Wildman–Crippen MR) is 119 cm³/mol. The highest BCUT2D eigenvalue weighted by molar-refractivity contribution is 6.03. The predicted octanol–water partition coefficient (Wildman–Crippen LogP) is 1.50. The lowest BCUT2D eigenvalue weighted by molar-refractivity contribution is -0.141. The molecule has 0 saturated heterocycles. The van der Waals surface area contributed by atoms with Gasteiger partial charge in [0.2, 0.25) is 17.7 Å². The number of anilines is 2. The van der Waals surface area contributed by atoms with Crippen LogP contribution < -0.4 is 22.5 Å². The van der Waals surface area contributed by atoms with E-state index in [1.807, 2.05) is 0 Å². The van der Waals surface area contributed by atoms with E-state index < -0.39 is 35.3 Å².